The van der Waals surface area contributed by atoms with Crippen molar-refractivity contribution in [2.45, 2.75) is 45.1 Å². The Hall–Kier alpha value is -1.18. The Labute approximate surface area is 105 Å². The van der Waals surface area contributed by atoms with Gasteiger partial charge in [-0.05, 0) is 43.5 Å². The molecule has 0 unspecified atom stereocenters. The molecular weight excluding hydrogens is 208 g/mol. The molecule has 0 aliphatic heterocycles. The molecule has 0 amide bonds. The first-order chi connectivity index (χ1) is 8.16. The quantitative estimate of drug-likeness (QED) is 0.852. The van der Waals surface area contributed by atoms with Gasteiger partial charge >= 0.3 is 0 Å². The van der Waals surface area contributed by atoms with Crippen LogP contribution in [-0.2, 0) is 0 Å². The van der Waals surface area contributed by atoms with Gasteiger partial charge in [-0.25, -0.2) is 0 Å². The van der Waals surface area contributed by atoms with Gasteiger partial charge in [-0.2, -0.15) is 0 Å². The van der Waals surface area contributed by atoms with Crippen molar-refractivity contribution in [3.8, 4) is 0 Å². The molecule has 0 saturated heterocycles. The van der Waals surface area contributed by atoms with E-state index in [-0.39, 0.29) is 0 Å². The van der Waals surface area contributed by atoms with E-state index in [1.807, 2.05) is 0 Å². The van der Waals surface area contributed by atoms with E-state index in [1.54, 1.807) is 0 Å². The topological polar surface area (TPSA) is 15.3 Å². The number of nitrogens with one attached hydrogen (secondary N) is 1. The number of hydrogen-bond donors (Lipinski definition) is 1. The van der Waals surface area contributed by atoms with Crippen LogP contribution < -0.4 is 10.2 Å². The van der Waals surface area contributed by atoms with Gasteiger partial charge in [-0.1, -0.05) is 19.3 Å². The smallest absolute Gasteiger partial charge is 0.0373 e. The zero-order valence-corrected chi connectivity index (χ0v) is 11.3. The second kappa shape index (κ2) is 5.44. The fourth-order valence-electron chi connectivity index (χ4n) is 2.55. The van der Waals surface area contributed by atoms with Crippen LogP contribution in [-0.4, -0.2) is 20.1 Å². The van der Waals surface area contributed by atoms with E-state index < -0.39 is 0 Å². The Bertz CT molecular complexity index is 365. The first-order valence-corrected chi connectivity index (χ1v) is 6.71. The number of hydrogen-bond acceptors (Lipinski definition) is 2. The number of benzene rings is 1. The van der Waals surface area contributed by atoms with Crippen molar-refractivity contribution in [1.82, 2.24) is 0 Å². The summed E-state index contributed by atoms with van der Waals surface area (Å²) in [6.45, 7) is 2.19. The second-order valence-electron chi connectivity index (χ2n) is 5.37. The van der Waals surface area contributed by atoms with Crippen molar-refractivity contribution in [2.75, 3.05) is 24.3 Å². The third kappa shape index (κ3) is 3.15. The predicted octanol–water partition coefficient (Wildman–Crippen LogP) is 3.81. The Morgan fingerprint density at radius 1 is 1.12 bits per heavy atom. The average molecular weight is 232 g/mol. The van der Waals surface area contributed by atoms with Crippen LogP contribution in [0.2, 0.25) is 0 Å². The van der Waals surface area contributed by atoms with E-state index in [1.165, 1.54) is 49.0 Å². The van der Waals surface area contributed by atoms with E-state index in [0.29, 0.717) is 6.04 Å². The number of nitrogens with zero attached hydrogens (tertiary/aromatic N) is 1. The Kier molecular flexibility index (Phi) is 3.93. The lowest BCUT2D eigenvalue weighted by atomic mass is 9.95. The number of anilines is 2. The van der Waals surface area contributed by atoms with Crippen LogP contribution in [0, 0.1) is 6.92 Å². The Balaban J connectivity index is 2.05. The molecule has 2 rings (SSSR count). The lowest BCUT2D eigenvalue weighted by molar-refractivity contribution is 0.462. The fraction of sp³-hybridized carbons (Fsp3) is 0.600. The molecule has 1 fully saturated rings. The maximum atomic E-state index is 3.70. The van der Waals surface area contributed by atoms with E-state index in [9.17, 15) is 0 Å². The summed E-state index contributed by atoms with van der Waals surface area (Å²) < 4.78 is 0. The summed E-state index contributed by atoms with van der Waals surface area (Å²) in [5.74, 6) is 0. The molecule has 0 heterocycles. The second-order valence-corrected chi connectivity index (χ2v) is 5.37. The third-order valence-corrected chi connectivity index (χ3v) is 3.69. The van der Waals surface area contributed by atoms with Crippen molar-refractivity contribution in [1.29, 1.82) is 0 Å². The lowest BCUT2D eigenvalue weighted by Gasteiger charge is -2.25. The van der Waals surface area contributed by atoms with Crippen LogP contribution in [0.25, 0.3) is 0 Å². The van der Waals surface area contributed by atoms with E-state index in [4.69, 9.17) is 0 Å². The average Bonchev–Trinajstić information content (AvgIpc) is 2.33. The van der Waals surface area contributed by atoms with Crippen molar-refractivity contribution in [3.05, 3.63) is 23.8 Å². The summed E-state index contributed by atoms with van der Waals surface area (Å²) in [6, 6.07) is 7.36. The summed E-state index contributed by atoms with van der Waals surface area (Å²) in [6.07, 6.45) is 6.83. The maximum Gasteiger partial charge on any atom is 0.0373 e. The molecule has 0 bridgehead atoms. The summed E-state index contributed by atoms with van der Waals surface area (Å²) in [4.78, 5) is 2.15. The molecular formula is C15H24N2. The maximum absolute atomic E-state index is 3.70. The molecule has 1 aromatic carbocycles. The number of aryl methyl sites for hydroxylation is 1. The minimum Gasteiger partial charge on any atom is -0.382 e. The number of rotatable bonds is 3. The molecule has 0 spiro atoms. The van der Waals surface area contributed by atoms with Gasteiger partial charge in [0.25, 0.3) is 0 Å². The van der Waals surface area contributed by atoms with Crippen LogP contribution in [0.15, 0.2) is 18.2 Å². The molecule has 94 valence electrons. The highest BCUT2D eigenvalue weighted by Gasteiger charge is 2.13. The standard InChI is InChI=1S/C15H24N2/c1-12-11-14(17(2)3)9-10-15(12)16-13-7-5-4-6-8-13/h9-11,13,16H,4-8H2,1-3H3. The van der Waals surface area contributed by atoms with E-state index >= 15 is 0 Å². The minimum absolute atomic E-state index is 0.688. The Morgan fingerprint density at radius 2 is 1.82 bits per heavy atom. The largest absolute Gasteiger partial charge is 0.382 e. The Morgan fingerprint density at radius 3 is 2.41 bits per heavy atom. The third-order valence-electron chi connectivity index (χ3n) is 3.69. The van der Waals surface area contributed by atoms with Gasteiger partial charge in [-0.15, -0.1) is 0 Å². The van der Waals surface area contributed by atoms with Crippen LogP contribution in [0.4, 0.5) is 11.4 Å². The summed E-state index contributed by atoms with van der Waals surface area (Å²) in [7, 11) is 4.17. The highest BCUT2D eigenvalue weighted by Crippen LogP contribution is 2.26. The van der Waals surface area contributed by atoms with Gasteiger partial charge in [0.2, 0.25) is 0 Å². The first kappa shape index (κ1) is 12.3. The molecule has 2 nitrogen and oxygen atoms in total. The minimum atomic E-state index is 0.688. The van der Waals surface area contributed by atoms with Crippen LogP contribution in [0.5, 0.6) is 0 Å². The molecule has 1 N–H and O–H groups in total. The van der Waals surface area contributed by atoms with Crippen molar-refractivity contribution >= 4 is 11.4 Å². The van der Waals surface area contributed by atoms with Crippen molar-refractivity contribution < 1.29 is 0 Å². The summed E-state index contributed by atoms with van der Waals surface area (Å²) in [5, 5.41) is 3.70. The SMILES string of the molecule is Cc1cc(N(C)C)ccc1NC1CCCCC1. The van der Waals surface area contributed by atoms with Crippen molar-refractivity contribution in [3.63, 3.8) is 0 Å². The first-order valence-electron chi connectivity index (χ1n) is 6.71. The van der Waals surface area contributed by atoms with Crippen LogP contribution in [0.3, 0.4) is 0 Å². The molecule has 0 radical (unpaired) electrons. The lowest BCUT2D eigenvalue weighted by Crippen LogP contribution is -2.22. The molecule has 1 aliphatic rings. The summed E-state index contributed by atoms with van der Waals surface area (Å²) >= 11 is 0. The highest BCUT2D eigenvalue weighted by molar-refractivity contribution is 5.60. The van der Waals surface area contributed by atoms with Crippen LogP contribution >= 0.6 is 0 Å². The molecule has 2 heteroatoms. The van der Waals surface area contributed by atoms with Gasteiger partial charge in [0, 0.05) is 31.5 Å². The van der Waals surface area contributed by atoms with Gasteiger partial charge < -0.3 is 10.2 Å². The molecule has 1 aliphatic carbocycles. The van der Waals surface area contributed by atoms with E-state index in [0.717, 1.165) is 0 Å². The van der Waals surface area contributed by atoms with Gasteiger partial charge in [0.05, 0.1) is 0 Å². The molecule has 0 atom stereocenters. The van der Waals surface area contributed by atoms with Crippen LogP contribution in [0.1, 0.15) is 37.7 Å². The van der Waals surface area contributed by atoms with Gasteiger partial charge in [0.15, 0.2) is 0 Å². The summed E-state index contributed by atoms with van der Waals surface area (Å²) in [5.41, 5.74) is 3.93. The molecule has 1 saturated carbocycles. The zero-order chi connectivity index (χ0) is 12.3. The highest BCUT2D eigenvalue weighted by atomic mass is 15.1. The van der Waals surface area contributed by atoms with E-state index in [2.05, 4.69) is 49.4 Å². The molecule has 17 heavy (non-hydrogen) atoms. The van der Waals surface area contributed by atoms with Gasteiger partial charge in [-0.3, -0.25) is 0 Å². The molecule has 1 aromatic rings. The zero-order valence-electron chi connectivity index (χ0n) is 11.3. The normalized spacial score (nSPS) is 16.9. The molecule has 0 aromatic heterocycles. The predicted molar refractivity (Wildman–Crippen MR) is 76.0 cm³/mol. The van der Waals surface area contributed by atoms with Gasteiger partial charge in [0.1, 0.15) is 0 Å². The monoisotopic (exact) mass is 232 g/mol. The van der Waals surface area contributed by atoms with Crippen molar-refractivity contribution in [2.24, 2.45) is 0 Å². The fourth-order valence-corrected chi connectivity index (χ4v) is 2.55.